The lowest BCUT2D eigenvalue weighted by Crippen LogP contribution is -1.88. The number of hydrogen-bond donors (Lipinski definition) is 0. The Morgan fingerprint density at radius 2 is 1.71 bits per heavy atom. The SMILES string of the molecule is CCCc1ccc(/C=N/N=C/c2ccc(C)cc2F)cc1. The largest absolute Gasteiger partial charge is 0.206 e. The summed E-state index contributed by atoms with van der Waals surface area (Å²) in [6.45, 7) is 4.01. The van der Waals surface area contributed by atoms with Crippen molar-refractivity contribution in [2.24, 2.45) is 10.2 Å². The molecule has 2 nitrogen and oxygen atoms in total. The molecule has 0 unspecified atom stereocenters. The van der Waals surface area contributed by atoms with Crippen molar-refractivity contribution in [1.29, 1.82) is 0 Å². The minimum Gasteiger partial charge on any atom is -0.206 e. The fourth-order valence-corrected chi connectivity index (χ4v) is 1.99. The van der Waals surface area contributed by atoms with Crippen LogP contribution < -0.4 is 0 Å². The van der Waals surface area contributed by atoms with E-state index in [1.807, 2.05) is 25.1 Å². The average molecular weight is 282 g/mol. The lowest BCUT2D eigenvalue weighted by Gasteiger charge is -1.98. The van der Waals surface area contributed by atoms with E-state index >= 15 is 0 Å². The van der Waals surface area contributed by atoms with Crippen LogP contribution in [0.5, 0.6) is 0 Å². The highest BCUT2D eigenvalue weighted by atomic mass is 19.1. The number of hydrogen-bond acceptors (Lipinski definition) is 2. The molecule has 0 bridgehead atoms. The molecule has 2 aromatic carbocycles. The van der Waals surface area contributed by atoms with Crippen LogP contribution in [-0.2, 0) is 6.42 Å². The van der Waals surface area contributed by atoms with Gasteiger partial charge in [0, 0.05) is 5.56 Å². The molecule has 0 fully saturated rings. The quantitative estimate of drug-likeness (QED) is 0.568. The first kappa shape index (κ1) is 15.1. The van der Waals surface area contributed by atoms with Crippen molar-refractivity contribution in [2.45, 2.75) is 26.7 Å². The summed E-state index contributed by atoms with van der Waals surface area (Å²) in [5.41, 5.74) is 3.63. The van der Waals surface area contributed by atoms with Gasteiger partial charge in [0.15, 0.2) is 0 Å². The summed E-state index contributed by atoms with van der Waals surface area (Å²) < 4.78 is 13.6. The molecule has 0 amide bonds. The Labute approximate surface area is 125 Å². The van der Waals surface area contributed by atoms with E-state index in [-0.39, 0.29) is 5.82 Å². The van der Waals surface area contributed by atoms with Gasteiger partial charge in [-0.3, -0.25) is 0 Å². The Kier molecular flexibility index (Phi) is 5.38. The third-order valence-corrected chi connectivity index (χ3v) is 3.14. The Morgan fingerprint density at radius 3 is 2.38 bits per heavy atom. The molecule has 0 aliphatic heterocycles. The van der Waals surface area contributed by atoms with Gasteiger partial charge in [-0.15, -0.1) is 0 Å². The smallest absolute Gasteiger partial charge is 0.132 e. The molecule has 0 N–H and O–H groups in total. The predicted molar refractivity (Wildman–Crippen MR) is 86.8 cm³/mol. The third-order valence-electron chi connectivity index (χ3n) is 3.14. The molecule has 0 spiro atoms. The molecule has 108 valence electrons. The maximum absolute atomic E-state index is 13.6. The van der Waals surface area contributed by atoms with Crippen molar-refractivity contribution in [1.82, 2.24) is 0 Å². The van der Waals surface area contributed by atoms with Crippen molar-refractivity contribution in [3.63, 3.8) is 0 Å². The van der Waals surface area contributed by atoms with Crippen LogP contribution in [0.2, 0.25) is 0 Å². The fraction of sp³-hybridized carbons (Fsp3) is 0.222. The van der Waals surface area contributed by atoms with Crippen molar-refractivity contribution in [3.8, 4) is 0 Å². The van der Waals surface area contributed by atoms with Gasteiger partial charge >= 0.3 is 0 Å². The number of halogens is 1. The van der Waals surface area contributed by atoms with Crippen LogP contribution in [-0.4, -0.2) is 12.4 Å². The van der Waals surface area contributed by atoms with Crippen LogP contribution in [0.4, 0.5) is 4.39 Å². The van der Waals surface area contributed by atoms with Crippen LogP contribution in [0, 0.1) is 12.7 Å². The molecule has 0 saturated heterocycles. The van der Waals surface area contributed by atoms with E-state index in [4.69, 9.17) is 0 Å². The minimum atomic E-state index is -0.280. The molecule has 0 aliphatic rings. The van der Waals surface area contributed by atoms with Gasteiger partial charge in [0.1, 0.15) is 5.82 Å². The summed E-state index contributed by atoms with van der Waals surface area (Å²) in [5, 5.41) is 7.84. The van der Waals surface area contributed by atoms with Gasteiger partial charge in [0.05, 0.1) is 12.4 Å². The standard InChI is InChI=1S/C18H19FN2/c1-3-4-15-6-8-16(9-7-15)12-20-21-13-17-10-5-14(2)11-18(17)19/h5-13H,3-4H2,1-2H3/b20-12+,21-13+. The molecular formula is C18H19FN2. The summed E-state index contributed by atoms with van der Waals surface area (Å²) in [6.07, 6.45) is 5.32. The first-order chi connectivity index (χ1) is 10.2. The second-order valence-corrected chi connectivity index (χ2v) is 5.01. The normalized spacial score (nSPS) is 11.6. The number of benzene rings is 2. The van der Waals surface area contributed by atoms with Gasteiger partial charge in [-0.1, -0.05) is 49.7 Å². The van der Waals surface area contributed by atoms with Crippen LogP contribution >= 0.6 is 0 Å². The summed E-state index contributed by atoms with van der Waals surface area (Å²) in [4.78, 5) is 0. The van der Waals surface area contributed by atoms with E-state index in [9.17, 15) is 4.39 Å². The van der Waals surface area contributed by atoms with Crippen molar-refractivity contribution >= 4 is 12.4 Å². The van der Waals surface area contributed by atoms with Gasteiger partial charge in [-0.25, -0.2) is 4.39 Å². The Bertz CT molecular complexity index is 643. The van der Waals surface area contributed by atoms with E-state index in [2.05, 4.69) is 29.3 Å². The van der Waals surface area contributed by atoms with Gasteiger partial charge in [0.25, 0.3) is 0 Å². The minimum absolute atomic E-state index is 0.280. The second kappa shape index (κ2) is 7.48. The fourth-order valence-electron chi connectivity index (χ4n) is 1.99. The molecule has 3 heteroatoms. The molecular weight excluding hydrogens is 263 g/mol. The predicted octanol–water partition coefficient (Wildman–Crippen LogP) is 4.54. The van der Waals surface area contributed by atoms with Crippen LogP contribution in [0.15, 0.2) is 52.7 Å². The van der Waals surface area contributed by atoms with Crippen molar-refractivity contribution in [3.05, 3.63) is 70.5 Å². The Balaban J connectivity index is 1.99. The highest BCUT2D eigenvalue weighted by Gasteiger charge is 1.98. The topological polar surface area (TPSA) is 24.7 Å². The van der Waals surface area contributed by atoms with Gasteiger partial charge in [-0.05, 0) is 36.1 Å². The molecule has 0 radical (unpaired) electrons. The molecule has 0 atom stereocenters. The first-order valence-corrected chi connectivity index (χ1v) is 7.10. The monoisotopic (exact) mass is 282 g/mol. The van der Waals surface area contributed by atoms with E-state index in [1.54, 1.807) is 12.3 Å². The Hall–Kier alpha value is -2.29. The zero-order valence-electron chi connectivity index (χ0n) is 12.4. The summed E-state index contributed by atoms with van der Waals surface area (Å²) >= 11 is 0. The molecule has 0 aromatic heterocycles. The maximum atomic E-state index is 13.6. The lowest BCUT2D eigenvalue weighted by atomic mass is 10.1. The van der Waals surface area contributed by atoms with E-state index in [0.29, 0.717) is 5.56 Å². The molecule has 0 heterocycles. The van der Waals surface area contributed by atoms with Crippen molar-refractivity contribution < 1.29 is 4.39 Å². The van der Waals surface area contributed by atoms with Gasteiger partial charge in [0.2, 0.25) is 0 Å². The van der Waals surface area contributed by atoms with Crippen molar-refractivity contribution in [2.75, 3.05) is 0 Å². The molecule has 2 aromatic rings. The second-order valence-electron chi connectivity index (χ2n) is 5.01. The Morgan fingerprint density at radius 1 is 1.00 bits per heavy atom. The van der Waals surface area contributed by atoms with Crippen LogP contribution in [0.3, 0.4) is 0 Å². The molecule has 0 aliphatic carbocycles. The van der Waals surface area contributed by atoms with E-state index in [1.165, 1.54) is 17.8 Å². The molecule has 2 rings (SSSR count). The first-order valence-electron chi connectivity index (χ1n) is 7.10. The highest BCUT2D eigenvalue weighted by molar-refractivity contribution is 5.82. The maximum Gasteiger partial charge on any atom is 0.132 e. The number of aryl methyl sites for hydroxylation is 2. The molecule has 0 saturated carbocycles. The van der Waals surface area contributed by atoms with Gasteiger partial charge < -0.3 is 0 Å². The summed E-state index contributed by atoms with van der Waals surface area (Å²) in [5.74, 6) is -0.280. The zero-order chi connectivity index (χ0) is 15.1. The number of nitrogens with zero attached hydrogens (tertiary/aromatic N) is 2. The van der Waals surface area contributed by atoms with Gasteiger partial charge in [-0.2, -0.15) is 10.2 Å². The number of rotatable bonds is 5. The summed E-state index contributed by atoms with van der Waals surface area (Å²) in [6, 6.07) is 13.2. The highest BCUT2D eigenvalue weighted by Crippen LogP contribution is 2.08. The lowest BCUT2D eigenvalue weighted by molar-refractivity contribution is 0.624. The zero-order valence-corrected chi connectivity index (χ0v) is 12.4. The van der Waals surface area contributed by atoms with Crippen LogP contribution in [0.1, 0.15) is 35.6 Å². The summed E-state index contributed by atoms with van der Waals surface area (Å²) in [7, 11) is 0. The van der Waals surface area contributed by atoms with E-state index < -0.39 is 0 Å². The van der Waals surface area contributed by atoms with E-state index in [0.717, 1.165) is 24.0 Å². The molecule has 21 heavy (non-hydrogen) atoms. The third kappa shape index (κ3) is 4.63. The van der Waals surface area contributed by atoms with Crippen LogP contribution in [0.25, 0.3) is 0 Å². The average Bonchev–Trinajstić information content (AvgIpc) is 2.47.